The Morgan fingerprint density at radius 2 is 1.52 bits per heavy atom. The van der Waals surface area contributed by atoms with Crippen LogP contribution < -0.4 is 0 Å². The molecule has 1 heterocycles. The van der Waals surface area contributed by atoms with Gasteiger partial charge in [-0.25, -0.2) is 4.98 Å². The Kier molecular flexibility index (Phi) is 4.34. The zero-order valence-corrected chi connectivity index (χ0v) is 14.5. The summed E-state index contributed by atoms with van der Waals surface area (Å²) in [4.78, 5) is 4.97. The van der Waals surface area contributed by atoms with Crippen molar-refractivity contribution < 1.29 is 0 Å². The van der Waals surface area contributed by atoms with Crippen LogP contribution in [0.4, 0.5) is 0 Å². The van der Waals surface area contributed by atoms with Crippen LogP contribution in [0.1, 0.15) is 17.5 Å². The molecule has 3 aromatic carbocycles. The van der Waals surface area contributed by atoms with Gasteiger partial charge in [0.25, 0.3) is 0 Å². The molecule has 0 aliphatic heterocycles. The van der Waals surface area contributed by atoms with Gasteiger partial charge in [-0.05, 0) is 37.0 Å². The van der Waals surface area contributed by atoms with Gasteiger partial charge in [0, 0.05) is 12.1 Å². The molecule has 0 spiro atoms. The van der Waals surface area contributed by atoms with Crippen LogP contribution in [0.25, 0.3) is 22.4 Å². The van der Waals surface area contributed by atoms with Gasteiger partial charge in [-0.2, -0.15) is 0 Å². The largest absolute Gasteiger partial charge is 0.324 e. The average molecular weight is 326 g/mol. The maximum atomic E-state index is 4.97. The molecule has 2 nitrogen and oxygen atoms in total. The van der Waals surface area contributed by atoms with Gasteiger partial charge in [0.15, 0.2) is 0 Å². The van der Waals surface area contributed by atoms with Gasteiger partial charge in [0.05, 0.1) is 11.0 Å². The van der Waals surface area contributed by atoms with Crippen molar-refractivity contribution in [2.24, 2.45) is 0 Å². The number of aromatic nitrogens is 2. The topological polar surface area (TPSA) is 17.8 Å². The Morgan fingerprint density at radius 3 is 2.28 bits per heavy atom. The molecule has 0 fully saturated rings. The number of hydrogen-bond donors (Lipinski definition) is 0. The molecule has 0 unspecified atom stereocenters. The highest BCUT2D eigenvalue weighted by Crippen LogP contribution is 2.27. The number of fused-ring (bicyclic) bond motifs is 1. The van der Waals surface area contributed by atoms with E-state index in [0.717, 1.165) is 30.7 Å². The van der Waals surface area contributed by atoms with Crippen molar-refractivity contribution in [3.8, 4) is 11.4 Å². The molecule has 0 radical (unpaired) electrons. The van der Waals surface area contributed by atoms with Crippen LogP contribution >= 0.6 is 0 Å². The first-order valence-electron chi connectivity index (χ1n) is 8.88. The zero-order chi connectivity index (χ0) is 17.1. The van der Waals surface area contributed by atoms with Gasteiger partial charge in [-0.3, -0.25) is 0 Å². The Hall–Kier alpha value is -2.87. The smallest absolute Gasteiger partial charge is 0.141 e. The van der Waals surface area contributed by atoms with Crippen molar-refractivity contribution >= 4 is 11.0 Å². The Balaban J connectivity index is 1.69. The summed E-state index contributed by atoms with van der Waals surface area (Å²) < 4.78 is 2.38. The highest BCUT2D eigenvalue weighted by atomic mass is 15.1. The van der Waals surface area contributed by atoms with E-state index in [1.807, 2.05) is 0 Å². The highest BCUT2D eigenvalue weighted by Gasteiger charge is 2.13. The number of benzene rings is 3. The van der Waals surface area contributed by atoms with Gasteiger partial charge in [-0.1, -0.05) is 72.8 Å². The van der Waals surface area contributed by atoms with Crippen molar-refractivity contribution in [3.05, 3.63) is 90.0 Å². The van der Waals surface area contributed by atoms with Crippen LogP contribution in [0.15, 0.2) is 78.9 Å². The minimum Gasteiger partial charge on any atom is -0.324 e. The molecule has 25 heavy (non-hydrogen) atoms. The summed E-state index contributed by atoms with van der Waals surface area (Å²) in [6.45, 7) is 3.11. The van der Waals surface area contributed by atoms with Gasteiger partial charge in [-0.15, -0.1) is 0 Å². The summed E-state index contributed by atoms with van der Waals surface area (Å²) in [5.74, 6) is 1.07. The minimum absolute atomic E-state index is 0.971. The van der Waals surface area contributed by atoms with Crippen molar-refractivity contribution in [1.82, 2.24) is 9.55 Å². The Morgan fingerprint density at radius 1 is 0.800 bits per heavy atom. The van der Waals surface area contributed by atoms with E-state index >= 15 is 0 Å². The van der Waals surface area contributed by atoms with Crippen molar-refractivity contribution in [2.75, 3.05) is 0 Å². The van der Waals surface area contributed by atoms with E-state index in [2.05, 4.69) is 90.4 Å². The summed E-state index contributed by atoms with van der Waals surface area (Å²) >= 11 is 0. The molecular formula is C23H22N2. The normalized spacial score (nSPS) is 11.1. The summed E-state index contributed by atoms with van der Waals surface area (Å²) in [6, 6.07) is 27.6. The molecule has 4 rings (SSSR count). The third-order valence-corrected chi connectivity index (χ3v) is 4.70. The summed E-state index contributed by atoms with van der Waals surface area (Å²) in [5, 5.41) is 0. The maximum absolute atomic E-state index is 4.97. The lowest BCUT2D eigenvalue weighted by Crippen LogP contribution is -2.02. The molecule has 0 saturated heterocycles. The second-order valence-electron chi connectivity index (χ2n) is 6.48. The fourth-order valence-electron chi connectivity index (χ4n) is 3.41. The minimum atomic E-state index is 0.971. The number of imidazole rings is 1. The SMILES string of the molecule is Cc1cccc2c1nc(-c1ccccc1)n2CCCc1ccccc1. The van der Waals surface area contributed by atoms with Crippen LogP contribution in [0.5, 0.6) is 0 Å². The Labute approximate surface area is 148 Å². The molecule has 0 saturated carbocycles. The monoisotopic (exact) mass is 326 g/mol. The first-order chi connectivity index (χ1) is 12.3. The van der Waals surface area contributed by atoms with E-state index in [9.17, 15) is 0 Å². The third kappa shape index (κ3) is 3.20. The molecule has 124 valence electrons. The summed E-state index contributed by atoms with van der Waals surface area (Å²) in [7, 11) is 0. The van der Waals surface area contributed by atoms with Crippen LogP contribution in [0, 0.1) is 6.92 Å². The van der Waals surface area contributed by atoms with Crippen molar-refractivity contribution in [3.63, 3.8) is 0 Å². The molecule has 0 bridgehead atoms. The van der Waals surface area contributed by atoms with Crippen molar-refractivity contribution in [1.29, 1.82) is 0 Å². The van der Waals surface area contributed by atoms with Gasteiger partial charge in [0.1, 0.15) is 5.82 Å². The Bertz CT molecular complexity index is 969. The van der Waals surface area contributed by atoms with Crippen LogP contribution in [-0.2, 0) is 13.0 Å². The fraction of sp³-hybridized carbons (Fsp3) is 0.174. The molecule has 1 aromatic heterocycles. The van der Waals surface area contributed by atoms with Crippen molar-refractivity contribution in [2.45, 2.75) is 26.3 Å². The van der Waals surface area contributed by atoms with Crippen LogP contribution in [0.3, 0.4) is 0 Å². The van der Waals surface area contributed by atoms with Crippen LogP contribution in [0.2, 0.25) is 0 Å². The molecule has 0 aliphatic rings. The second-order valence-corrected chi connectivity index (χ2v) is 6.48. The molecule has 0 atom stereocenters. The predicted molar refractivity (Wildman–Crippen MR) is 105 cm³/mol. The lowest BCUT2D eigenvalue weighted by atomic mass is 10.1. The highest BCUT2D eigenvalue weighted by molar-refractivity contribution is 5.83. The molecule has 0 amide bonds. The van der Waals surface area contributed by atoms with E-state index in [0.29, 0.717) is 0 Å². The van der Waals surface area contributed by atoms with Gasteiger partial charge >= 0.3 is 0 Å². The van der Waals surface area contributed by atoms with E-state index in [4.69, 9.17) is 4.98 Å². The maximum Gasteiger partial charge on any atom is 0.141 e. The summed E-state index contributed by atoms with van der Waals surface area (Å²) in [6.07, 6.45) is 2.18. The fourth-order valence-corrected chi connectivity index (χ4v) is 3.41. The first-order valence-corrected chi connectivity index (χ1v) is 8.88. The number of rotatable bonds is 5. The van der Waals surface area contributed by atoms with Gasteiger partial charge < -0.3 is 4.57 Å². The molecule has 0 N–H and O–H groups in total. The van der Waals surface area contributed by atoms with E-state index < -0.39 is 0 Å². The zero-order valence-electron chi connectivity index (χ0n) is 14.5. The molecule has 4 aromatic rings. The number of nitrogens with zero attached hydrogens (tertiary/aromatic N) is 2. The third-order valence-electron chi connectivity index (χ3n) is 4.70. The standard InChI is InChI=1S/C23H22N2/c1-18-10-8-16-21-22(18)24-23(20-14-6-3-7-15-20)25(21)17-9-13-19-11-4-2-5-12-19/h2-8,10-12,14-16H,9,13,17H2,1H3. The lowest BCUT2D eigenvalue weighted by molar-refractivity contribution is 0.663. The molecule has 2 heteroatoms. The molecular weight excluding hydrogens is 304 g/mol. The second kappa shape index (κ2) is 6.94. The van der Waals surface area contributed by atoms with Crippen LogP contribution in [-0.4, -0.2) is 9.55 Å². The number of para-hydroxylation sites is 1. The average Bonchev–Trinajstić information content (AvgIpc) is 3.04. The lowest BCUT2D eigenvalue weighted by Gasteiger charge is -2.10. The number of aryl methyl sites for hydroxylation is 3. The summed E-state index contributed by atoms with van der Waals surface area (Å²) in [5.41, 5.74) is 6.15. The van der Waals surface area contributed by atoms with E-state index in [1.165, 1.54) is 22.2 Å². The quantitative estimate of drug-likeness (QED) is 0.464. The number of hydrogen-bond acceptors (Lipinski definition) is 1. The predicted octanol–water partition coefficient (Wildman–Crippen LogP) is 5.64. The van der Waals surface area contributed by atoms with E-state index in [-0.39, 0.29) is 0 Å². The van der Waals surface area contributed by atoms with E-state index in [1.54, 1.807) is 0 Å². The first kappa shape index (κ1) is 15.6. The van der Waals surface area contributed by atoms with Gasteiger partial charge in [0.2, 0.25) is 0 Å². The molecule has 0 aliphatic carbocycles.